The predicted molar refractivity (Wildman–Crippen MR) is 51.4 cm³/mol. The largest absolute Gasteiger partial charge is 0.368 e. The van der Waals surface area contributed by atoms with E-state index in [0.717, 1.165) is 19.3 Å². The molecule has 0 aromatic carbocycles. The molecule has 2 unspecified atom stereocenters. The molecule has 0 aromatic heterocycles. The van der Waals surface area contributed by atoms with Crippen molar-refractivity contribution in [2.45, 2.75) is 32.3 Å². The first kappa shape index (κ1) is 11.0. The third-order valence-electron chi connectivity index (χ3n) is 2.27. The van der Waals surface area contributed by atoms with Crippen molar-refractivity contribution in [2.24, 2.45) is 5.92 Å². The molecule has 2 atom stereocenters. The molecule has 1 fully saturated rings. The Hall–Kier alpha value is -1.08. The van der Waals surface area contributed by atoms with Crippen molar-refractivity contribution in [1.82, 2.24) is 5.32 Å². The van der Waals surface area contributed by atoms with Gasteiger partial charge in [0, 0.05) is 13.2 Å². The lowest BCUT2D eigenvalue weighted by Gasteiger charge is -2.21. The van der Waals surface area contributed by atoms with Gasteiger partial charge in [-0.1, -0.05) is 0 Å². The summed E-state index contributed by atoms with van der Waals surface area (Å²) in [6.45, 7) is 2.86. The highest BCUT2D eigenvalue weighted by atomic mass is 16.5. The number of carbonyl (C=O) groups is 1. The number of nitriles is 1. The maximum Gasteiger partial charge on any atom is 0.249 e. The van der Waals surface area contributed by atoms with E-state index in [4.69, 9.17) is 10.00 Å². The van der Waals surface area contributed by atoms with E-state index in [-0.39, 0.29) is 17.9 Å². The normalized spacial score (nSPS) is 23.6. The first-order valence-electron chi connectivity index (χ1n) is 5.03. The molecule has 4 heteroatoms. The van der Waals surface area contributed by atoms with Crippen LogP contribution in [0.25, 0.3) is 0 Å². The molecule has 1 amide bonds. The lowest BCUT2D eigenvalue weighted by atomic mass is 10.1. The van der Waals surface area contributed by atoms with Gasteiger partial charge in [0.1, 0.15) is 6.10 Å². The van der Waals surface area contributed by atoms with E-state index in [9.17, 15) is 4.79 Å². The van der Waals surface area contributed by atoms with Crippen LogP contribution in [0, 0.1) is 17.2 Å². The van der Waals surface area contributed by atoms with Crippen LogP contribution >= 0.6 is 0 Å². The van der Waals surface area contributed by atoms with Gasteiger partial charge in [-0.15, -0.1) is 0 Å². The first-order valence-corrected chi connectivity index (χ1v) is 5.03. The minimum absolute atomic E-state index is 0.0770. The van der Waals surface area contributed by atoms with E-state index in [1.165, 1.54) is 0 Å². The average molecular weight is 196 g/mol. The summed E-state index contributed by atoms with van der Waals surface area (Å²) in [5.41, 5.74) is 0. The minimum Gasteiger partial charge on any atom is -0.368 e. The van der Waals surface area contributed by atoms with Crippen LogP contribution in [0.4, 0.5) is 0 Å². The summed E-state index contributed by atoms with van der Waals surface area (Å²) < 4.78 is 5.31. The molecule has 0 aliphatic carbocycles. The van der Waals surface area contributed by atoms with E-state index in [0.29, 0.717) is 13.2 Å². The molecule has 0 saturated carbocycles. The van der Waals surface area contributed by atoms with Gasteiger partial charge in [0.2, 0.25) is 5.91 Å². The van der Waals surface area contributed by atoms with Gasteiger partial charge >= 0.3 is 0 Å². The second-order valence-corrected chi connectivity index (χ2v) is 3.63. The van der Waals surface area contributed by atoms with E-state index in [1.54, 1.807) is 6.92 Å². The minimum atomic E-state index is -0.297. The molecule has 0 radical (unpaired) electrons. The number of hydrogen-bond donors (Lipinski definition) is 1. The lowest BCUT2D eigenvalue weighted by Crippen LogP contribution is -2.39. The van der Waals surface area contributed by atoms with Crippen LogP contribution in [0.5, 0.6) is 0 Å². The maximum absolute atomic E-state index is 11.5. The summed E-state index contributed by atoms with van der Waals surface area (Å²) in [7, 11) is 0. The summed E-state index contributed by atoms with van der Waals surface area (Å²) in [6, 6.07) is 2.07. The quantitative estimate of drug-likeness (QED) is 0.727. The zero-order valence-electron chi connectivity index (χ0n) is 8.45. The Morgan fingerprint density at radius 1 is 1.71 bits per heavy atom. The lowest BCUT2D eigenvalue weighted by molar-refractivity contribution is -0.135. The van der Waals surface area contributed by atoms with Crippen LogP contribution in [0.15, 0.2) is 0 Å². The third-order valence-corrected chi connectivity index (χ3v) is 2.27. The van der Waals surface area contributed by atoms with Gasteiger partial charge in [-0.2, -0.15) is 5.26 Å². The van der Waals surface area contributed by atoms with E-state index in [1.807, 2.05) is 0 Å². The fourth-order valence-electron chi connectivity index (χ4n) is 1.36. The molecule has 1 aliphatic heterocycles. The molecule has 4 nitrogen and oxygen atoms in total. The van der Waals surface area contributed by atoms with Gasteiger partial charge in [-0.05, 0) is 26.2 Å². The van der Waals surface area contributed by atoms with Gasteiger partial charge in [0.25, 0.3) is 0 Å². The molecule has 1 N–H and O–H groups in total. The van der Waals surface area contributed by atoms with Crippen molar-refractivity contribution in [3.05, 3.63) is 0 Å². The molecule has 1 rings (SSSR count). The van der Waals surface area contributed by atoms with Crippen molar-refractivity contribution in [1.29, 1.82) is 5.26 Å². The molecule has 1 saturated heterocycles. The molecule has 0 bridgehead atoms. The maximum atomic E-state index is 11.5. The molecule has 1 aliphatic rings. The van der Waals surface area contributed by atoms with Crippen molar-refractivity contribution in [3.63, 3.8) is 0 Å². The summed E-state index contributed by atoms with van der Waals surface area (Å²) in [5, 5.41) is 11.2. The highest BCUT2D eigenvalue weighted by Crippen LogP contribution is 2.12. The fraction of sp³-hybridized carbons (Fsp3) is 0.800. The number of amides is 1. The number of nitrogens with zero attached hydrogens (tertiary/aromatic N) is 1. The molecule has 14 heavy (non-hydrogen) atoms. The Morgan fingerprint density at radius 3 is 3.07 bits per heavy atom. The monoisotopic (exact) mass is 196 g/mol. The van der Waals surface area contributed by atoms with Crippen LogP contribution < -0.4 is 5.32 Å². The molecule has 1 heterocycles. The number of rotatable bonds is 3. The van der Waals surface area contributed by atoms with Crippen LogP contribution in [-0.2, 0) is 9.53 Å². The van der Waals surface area contributed by atoms with E-state index < -0.39 is 0 Å². The van der Waals surface area contributed by atoms with Crippen molar-refractivity contribution in [3.8, 4) is 6.07 Å². The molecule has 0 spiro atoms. The Labute approximate surface area is 84.2 Å². The summed E-state index contributed by atoms with van der Waals surface area (Å²) in [6.07, 6.45) is 2.59. The SMILES string of the molecule is CC(C#N)CNC(=O)C1CCCCO1. The van der Waals surface area contributed by atoms with Crippen molar-refractivity contribution in [2.75, 3.05) is 13.2 Å². The Balaban J connectivity index is 2.24. The van der Waals surface area contributed by atoms with Crippen molar-refractivity contribution >= 4 is 5.91 Å². The number of carbonyl (C=O) groups excluding carboxylic acids is 1. The summed E-state index contributed by atoms with van der Waals surface area (Å²) in [4.78, 5) is 11.5. The number of hydrogen-bond acceptors (Lipinski definition) is 3. The summed E-state index contributed by atoms with van der Waals surface area (Å²) >= 11 is 0. The zero-order chi connectivity index (χ0) is 10.4. The topological polar surface area (TPSA) is 62.1 Å². The number of ether oxygens (including phenoxy) is 1. The third kappa shape index (κ3) is 3.35. The molecular weight excluding hydrogens is 180 g/mol. The Morgan fingerprint density at radius 2 is 2.50 bits per heavy atom. The highest BCUT2D eigenvalue weighted by molar-refractivity contribution is 5.80. The van der Waals surface area contributed by atoms with Crippen molar-refractivity contribution < 1.29 is 9.53 Å². The second kappa shape index (κ2) is 5.61. The molecule has 78 valence electrons. The van der Waals surface area contributed by atoms with E-state index in [2.05, 4.69) is 11.4 Å². The van der Waals surface area contributed by atoms with Crippen LogP contribution in [-0.4, -0.2) is 25.2 Å². The number of nitrogens with one attached hydrogen (secondary N) is 1. The zero-order valence-corrected chi connectivity index (χ0v) is 8.45. The highest BCUT2D eigenvalue weighted by Gasteiger charge is 2.21. The Kier molecular flexibility index (Phi) is 4.41. The van der Waals surface area contributed by atoms with Crippen LogP contribution in [0.2, 0.25) is 0 Å². The van der Waals surface area contributed by atoms with Gasteiger partial charge in [-0.3, -0.25) is 4.79 Å². The standard InChI is InChI=1S/C10H16N2O2/c1-8(6-11)7-12-10(13)9-4-2-3-5-14-9/h8-9H,2-5,7H2,1H3,(H,12,13). The first-order chi connectivity index (χ1) is 6.74. The molecule has 0 aromatic rings. The van der Waals surface area contributed by atoms with Crippen LogP contribution in [0.1, 0.15) is 26.2 Å². The average Bonchev–Trinajstić information content (AvgIpc) is 2.26. The van der Waals surface area contributed by atoms with Gasteiger partial charge in [0.15, 0.2) is 0 Å². The van der Waals surface area contributed by atoms with Gasteiger partial charge in [0.05, 0.1) is 12.0 Å². The van der Waals surface area contributed by atoms with Gasteiger partial charge < -0.3 is 10.1 Å². The van der Waals surface area contributed by atoms with E-state index >= 15 is 0 Å². The van der Waals surface area contributed by atoms with Crippen LogP contribution in [0.3, 0.4) is 0 Å². The smallest absolute Gasteiger partial charge is 0.249 e. The second-order valence-electron chi connectivity index (χ2n) is 3.63. The summed E-state index contributed by atoms with van der Waals surface area (Å²) in [5.74, 6) is -0.214. The molecular formula is C10H16N2O2. The Bertz CT molecular complexity index is 229. The fourth-order valence-corrected chi connectivity index (χ4v) is 1.36. The van der Waals surface area contributed by atoms with Gasteiger partial charge in [-0.25, -0.2) is 0 Å². The predicted octanol–water partition coefficient (Wildman–Crippen LogP) is 0.831.